The van der Waals surface area contributed by atoms with Crippen molar-refractivity contribution in [1.82, 2.24) is 10.0 Å². The second-order valence-corrected chi connectivity index (χ2v) is 5.55. The first-order valence-corrected chi connectivity index (χ1v) is 6.87. The molecule has 0 amide bonds. The van der Waals surface area contributed by atoms with Gasteiger partial charge in [-0.2, -0.15) is 0 Å². The first-order chi connectivity index (χ1) is 8.38. The Morgan fingerprint density at radius 1 is 1.33 bits per heavy atom. The van der Waals surface area contributed by atoms with Gasteiger partial charge in [0.25, 0.3) is 6.43 Å². The fraction of sp³-hybridized carbons (Fsp3) is 0.455. The zero-order chi connectivity index (χ0) is 13.8. The maximum absolute atomic E-state index is 12.0. The smallest absolute Gasteiger partial charge is 0.251 e. The van der Waals surface area contributed by atoms with Crippen LogP contribution in [0.25, 0.3) is 0 Å². The normalized spacial score (nSPS) is 12.1. The minimum Gasteiger partial charge on any atom is -0.316 e. The molecule has 0 heterocycles. The first kappa shape index (κ1) is 15.0. The molecule has 18 heavy (non-hydrogen) atoms. The van der Waals surface area contributed by atoms with Gasteiger partial charge in [-0.05, 0) is 31.2 Å². The van der Waals surface area contributed by atoms with Crippen LogP contribution in [-0.4, -0.2) is 28.4 Å². The van der Waals surface area contributed by atoms with Crippen molar-refractivity contribution in [2.75, 3.05) is 13.6 Å². The summed E-state index contributed by atoms with van der Waals surface area (Å²) in [4.78, 5) is 0.0379. The Balaban J connectivity index is 3.05. The molecule has 1 rings (SSSR count). The van der Waals surface area contributed by atoms with Crippen LogP contribution in [0, 0.1) is 6.92 Å². The molecule has 0 unspecified atom stereocenters. The van der Waals surface area contributed by atoms with Crippen molar-refractivity contribution in [3.05, 3.63) is 29.3 Å². The van der Waals surface area contributed by atoms with Crippen molar-refractivity contribution >= 4 is 10.0 Å². The molecule has 2 N–H and O–H groups in total. The lowest BCUT2D eigenvalue weighted by molar-refractivity contribution is 0.153. The zero-order valence-corrected chi connectivity index (χ0v) is 11.0. The lowest BCUT2D eigenvalue weighted by atomic mass is 10.1. The van der Waals surface area contributed by atoms with Crippen LogP contribution in [0.4, 0.5) is 8.78 Å². The fourth-order valence-electron chi connectivity index (χ4n) is 1.58. The topological polar surface area (TPSA) is 58.2 Å². The van der Waals surface area contributed by atoms with Crippen molar-refractivity contribution in [3.8, 4) is 0 Å². The van der Waals surface area contributed by atoms with E-state index in [1.165, 1.54) is 6.07 Å². The van der Waals surface area contributed by atoms with Crippen LogP contribution in [0.3, 0.4) is 0 Å². The average molecular weight is 278 g/mol. The van der Waals surface area contributed by atoms with Gasteiger partial charge in [-0.3, -0.25) is 0 Å². The molecule has 0 saturated heterocycles. The van der Waals surface area contributed by atoms with Gasteiger partial charge in [-0.15, -0.1) is 0 Å². The maximum atomic E-state index is 12.0. The molecule has 1 aromatic carbocycles. The van der Waals surface area contributed by atoms with E-state index in [0.29, 0.717) is 12.1 Å². The van der Waals surface area contributed by atoms with Gasteiger partial charge >= 0.3 is 0 Å². The molecule has 0 radical (unpaired) electrons. The minimum atomic E-state index is -3.88. The van der Waals surface area contributed by atoms with Crippen LogP contribution in [0.15, 0.2) is 23.1 Å². The highest BCUT2D eigenvalue weighted by Gasteiger charge is 2.19. The molecule has 0 saturated carbocycles. The fourth-order valence-corrected chi connectivity index (χ4v) is 2.88. The second-order valence-electron chi connectivity index (χ2n) is 3.81. The van der Waals surface area contributed by atoms with Gasteiger partial charge in [0.05, 0.1) is 11.4 Å². The van der Waals surface area contributed by atoms with Gasteiger partial charge in [-0.25, -0.2) is 21.9 Å². The van der Waals surface area contributed by atoms with Crippen LogP contribution < -0.4 is 10.0 Å². The van der Waals surface area contributed by atoms with Crippen molar-refractivity contribution in [2.45, 2.75) is 24.8 Å². The molecule has 0 bridgehead atoms. The average Bonchev–Trinajstić information content (AvgIpc) is 2.29. The molecule has 0 atom stereocenters. The van der Waals surface area contributed by atoms with Gasteiger partial charge in [0.15, 0.2) is 0 Å². The van der Waals surface area contributed by atoms with E-state index >= 15 is 0 Å². The Morgan fingerprint density at radius 2 is 2.00 bits per heavy atom. The molecule has 4 nitrogen and oxygen atoms in total. The Bertz CT molecular complexity index is 504. The van der Waals surface area contributed by atoms with E-state index in [4.69, 9.17) is 0 Å². The Kier molecular flexibility index (Phi) is 5.18. The summed E-state index contributed by atoms with van der Waals surface area (Å²) in [7, 11) is -2.14. The summed E-state index contributed by atoms with van der Waals surface area (Å²) in [5.74, 6) is 0. The van der Waals surface area contributed by atoms with E-state index in [-0.39, 0.29) is 4.90 Å². The molecular weight excluding hydrogens is 262 g/mol. The molecule has 0 fully saturated rings. The maximum Gasteiger partial charge on any atom is 0.251 e. The largest absolute Gasteiger partial charge is 0.316 e. The van der Waals surface area contributed by atoms with Crippen LogP contribution in [0.5, 0.6) is 0 Å². The van der Waals surface area contributed by atoms with Crippen LogP contribution in [-0.2, 0) is 16.6 Å². The predicted octanol–water partition coefficient (Wildman–Crippen LogP) is 1.26. The van der Waals surface area contributed by atoms with E-state index in [0.717, 1.165) is 5.56 Å². The summed E-state index contributed by atoms with van der Waals surface area (Å²) in [6, 6.07) is 4.79. The number of hydrogen-bond acceptors (Lipinski definition) is 3. The van der Waals surface area contributed by atoms with E-state index in [1.54, 1.807) is 26.1 Å². The third kappa shape index (κ3) is 3.72. The van der Waals surface area contributed by atoms with Gasteiger partial charge in [0.2, 0.25) is 10.0 Å². The monoisotopic (exact) mass is 278 g/mol. The molecule has 0 aliphatic carbocycles. The van der Waals surface area contributed by atoms with Crippen molar-refractivity contribution in [2.24, 2.45) is 0 Å². The van der Waals surface area contributed by atoms with E-state index in [2.05, 4.69) is 5.32 Å². The van der Waals surface area contributed by atoms with Crippen LogP contribution >= 0.6 is 0 Å². The number of benzene rings is 1. The van der Waals surface area contributed by atoms with E-state index in [1.807, 2.05) is 4.72 Å². The predicted molar refractivity (Wildman–Crippen MR) is 65.1 cm³/mol. The third-order valence-corrected chi connectivity index (χ3v) is 4.05. The molecule has 0 aromatic heterocycles. The number of alkyl halides is 2. The highest BCUT2D eigenvalue weighted by Crippen LogP contribution is 2.18. The summed E-state index contributed by atoms with van der Waals surface area (Å²) in [6.45, 7) is 1.30. The molecule has 7 heteroatoms. The summed E-state index contributed by atoms with van der Waals surface area (Å²) in [5.41, 5.74) is 1.38. The number of nitrogens with one attached hydrogen (secondary N) is 2. The van der Waals surface area contributed by atoms with Crippen molar-refractivity contribution in [1.29, 1.82) is 0 Å². The molecule has 0 spiro atoms. The quantitative estimate of drug-likeness (QED) is 0.823. The minimum absolute atomic E-state index is 0.0379. The SMILES string of the molecule is CNCc1cccc(S(=O)(=O)NCC(F)F)c1C. The highest BCUT2D eigenvalue weighted by atomic mass is 32.2. The first-order valence-electron chi connectivity index (χ1n) is 5.39. The lowest BCUT2D eigenvalue weighted by Gasteiger charge is -2.12. The third-order valence-electron chi connectivity index (χ3n) is 2.48. The molecule has 0 aliphatic heterocycles. The number of hydrogen-bond donors (Lipinski definition) is 2. The van der Waals surface area contributed by atoms with Gasteiger partial charge in [-0.1, -0.05) is 12.1 Å². The van der Waals surface area contributed by atoms with Gasteiger partial charge < -0.3 is 5.32 Å². The Morgan fingerprint density at radius 3 is 2.56 bits per heavy atom. The highest BCUT2D eigenvalue weighted by molar-refractivity contribution is 7.89. The van der Waals surface area contributed by atoms with Crippen molar-refractivity contribution < 1.29 is 17.2 Å². The molecular formula is C11H16F2N2O2S. The second kappa shape index (κ2) is 6.21. The van der Waals surface area contributed by atoms with Gasteiger partial charge in [0, 0.05) is 6.54 Å². The number of sulfonamides is 1. The van der Waals surface area contributed by atoms with Crippen LogP contribution in [0.2, 0.25) is 0 Å². The summed E-state index contributed by atoms with van der Waals surface area (Å²) in [5, 5.41) is 2.92. The van der Waals surface area contributed by atoms with Gasteiger partial charge in [0.1, 0.15) is 0 Å². The Labute approximate surface area is 105 Å². The summed E-state index contributed by atoms with van der Waals surface area (Å²) < 4.78 is 49.7. The Hall–Kier alpha value is -1.05. The van der Waals surface area contributed by atoms with E-state index in [9.17, 15) is 17.2 Å². The zero-order valence-electron chi connectivity index (χ0n) is 10.2. The van der Waals surface area contributed by atoms with E-state index < -0.39 is 23.0 Å². The molecule has 0 aliphatic rings. The lowest BCUT2D eigenvalue weighted by Crippen LogP contribution is -2.29. The molecule has 102 valence electrons. The van der Waals surface area contributed by atoms with Crippen LogP contribution in [0.1, 0.15) is 11.1 Å². The standard InChI is InChI=1S/C11H16F2N2O2S/c1-8-9(6-14-2)4-3-5-10(8)18(16,17)15-7-11(12)13/h3-5,11,14-15H,6-7H2,1-2H3. The van der Waals surface area contributed by atoms with Crippen molar-refractivity contribution in [3.63, 3.8) is 0 Å². The summed E-state index contributed by atoms with van der Waals surface area (Å²) in [6.07, 6.45) is -2.71. The molecule has 1 aromatic rings. The summed E-state index contributed by atoms with van der Waals surface area (Å²) >= 11 is 0. The number of rotatable bonds is 6. The number of halogens is 2.